The molecular weight excluding hydrogens is 220 g/mol. The van der Waals surface area contributed by atoms with E-state index in [1.165, 1.54) is 9.88 Å². The maximum Gasteiger partial charge on any atom is 0.0956 e. The summed E-state index contributed by atoms with van der Waals surface area (Å²) in [5.41, 5.74) is 1.14. The van der Waals surface area contributed by atoms with Gasteiger partial charge in [-0.05, 0) is 26.8 Å². The van der Waals surface area contributed by atoms with Crippen LogP contribution in [0.15, 0.2) is 0 Å². The zero-order valence-corrected chi connectivity index (χ0v) is 11.4. The molecule has 0 aromatic carbocycles. The quantitative estimate of drug-likeness (QED) is 0.754. The van der Waals surface area contributed by atoms with Crippen molar-refractivity contribution in [2.45, 2.75) is 46.1 Å². The molecule has 0 aliphatic rings. The third-order valence-corrected chi connectivity index (χ3v) is 4.16. The van der Waals surface area contributed by atoms with Crippen LogP contribution in [0.5, 0.6) is 0 Å². The van der Waals surface area contributed by atoms with Gasteiger partial charge in [-0.2, -0.15) is 0 Å². The Bertz CT molecular complexity index is 323. The molecule has 0 saturated carbocycles. The van der Waals surface area contributed by atoms with Gasteiger partial charge >= 0.3 is 0 Å². The van der Waals surface area contributed by atoms with Crippen LogP contribution < -0.4 is 5.32 Å². The number of aromatic nitrogens is 1. The fraction of sp³-hybridized carbons (Fsp3) is 0.750. The highest BCUT2D eigenvalue weighted by Gasteiger charge is 2.15. The third kappa shape index (κ3) is 3.54. The van der Waals surface area contributed by atoms with E-state index in [2.05, 4.69) is 38.0 Å². The topological polar surface area (TPSA) is 45.2 Å². The van der Waals surface area contributed by atoms with Crippen molar-refractivity contribution in [3.05, 3.63) is 15.6 Å². The number of aryl methyl sites for hydroxylation is 1. The van der Waals surface area contributed by atoms with Gasteiger partial charge in [-0.15, -0.1) is 11.3 Å². The normalized spacial score (nSPS) is 13.4. The molecule has 3 nitrogen and oxygen atoms in total. The summed E-state index contributed by atoms with van der Waals surface area (Å²) in [6.07, 6.45) is 0.805. The molecule has 1 aromatic heterocycles. The van der Waals surface area contributed by atoms with Crippen molar-refractivity contribution in [3.8, 4) is 0 Å². The van der Waals surface area contributed by atoms with E-state index in [1.54, 1.807) is 11.3 Å². The molecule has 2 N–H and O–H groups in total. The molecule has 4 heteroatoms. The van der Waals surface area contributed by atoms with Crippen molar-refractivity contribution in [1.29, 1.82) is 0 Å². The van der Waals surface area contributed by atoms with Gasteiger partial charge in [0, 0.05) is 23.4 Å². The minimum absolute atomic E-state index is 0.249. The highest BCUT2D eigenvalue weighted by atomic mass is 32.1. The summed E-state index contributed by atoms with van der Waals surface area (Å²) in [5.74, 6) is 0.502. The SMILES string of the molecule is Cc1nc(C(C)C)sc1C(C)NCCCO. The molecule has 1 rings (SSSR count). The average Bonchev–Trinajstić information content (AvgIpc) is 2.61. The second-order valence-electron chi connectivity index (χ2n) is 4.41. The summed E-state index contributed by atoms with van der Waals surface area (Å²) in [6.45, 7) is 9.67. The first-order chi connectivity index (χ1) is 7.56. The second-order valence-corrected chi connectivity index (χ2v) is 5.47. The highest BCUT2D eigenvalue weighted by molar-refractivity contribution is 7.11. The van der Waals surface area contributed by atoms with Gasteiger partial charge in [0.25, 0.3) is 0 Å². The molecule has 0 amide bonds. The number of nitrogens with one attached hydrogen (secondary N) is 1. The number of hydrogen-bond donors (Lipinski definition) is 2. The third-order valence-electron chi connectivity index (χ3n) is 2.52. The average molecular weight is 242 g/mol. The van der Waals surface area contributed by atoms with Crippen LogP contribution in [0.25, 0.3) is 0 Å². The molecule has 1 aromatic rings. The monoisotopic (exact) mass is 242 g/mol. The van der Waals surface area contributed by atoms with Crippen molar-refractivity contribution in [3.63, 3.8) is 0 Å². The minimum atomic E-state index is 0.249. The summed E-state index contributed by atoms with van der Waals surface area (Å²) in [6, 6.07) is 0.330. The van der Waals surface area contributed by atoms with Gasteiger partial charge in [0.2, 0.25) is 0 Å². The fourth-order valence-electron chi connectivity index (χ4n) is 1.57. The molecule has 0 bridgehead atoms. The van der Waals surface area contributed by atoms with E-state index < -0.39 is 0 Å². The van der Waals surface area contributed by atoms with E-state index >= 15 is 0 Å². The molecule has 0 spiro atoms. The first-order valence-corrected chi connectivity index (χ1v) is 6.69. The molecule has 92 valence electrons. The van der Waals surface area contributed by atoms with Gasteiger partial charge in [0.05, 0.1) is 10.7 Å². The highest BCUT2D eigenvalue weighted by Crippen LogP contribution is 2.28. The molecule has 0 saturated heterocycles. The zero-order valence-electron chi connectivity index (χ0n) is 10.6. The predicted octanol–water partition coefficient (Wildman–Crippen LogP) is 2.61. The van der Waals surface area contributed by atoms with Crippen LogP contribution in [0.4, 0.5) is 0 Å². The number of thiazole rings is 1. The van der Waals surface area contributed by atoms with Crippen molar-refractivity contribution < 1.29 is 5.11 Å². The van der Waals surface area contributed by atoms with Crippen LogP contribution in [0.3, 0.4) is 0 Å². The lowest BCUT2D eigenvalue weighted by molar-refractivity contribution is 0.284. The van der Waals surface area contributed by atoms with Crippen molar-refractivity contribution >= 4 is 11.3 Å². The molecule has 0 radical (unpaired) electrons. The number of nitrogens with zero attached hydrogens (tertiary/aromatic N) is 1. The van der Waals surface area contributed by atoms with Crippen molar-refractivity contribution in [2.75, 3.05) is 13.2 Å². The van der Waals surface area contributed by atoms with Gasteiger partial charge in [-0.3, -0.25) is 0 Å². The Morgan fingerprint density at radius 1 is 1.38 bits per heavy atom. The van der Waals surface area contributed by atoms with Gasteiger partial charge in [-0.25, -0.2) is 4.98 Å². The molecule has 0 aliphatic carbocycles. The molecule has 0 fully saturated rings. The number of aliphatic hydroxyl groups is 1. The largest absolute Gasteiger partial charge is 0.396 e. The smallest absolute Gasteiger partial charge is 0.0956 e. The van der Waals surface area contributed by atoms with Crippen molar-refractivity contribution in [2.24, 2.45) is 0 Å². The van der Waals surface area contributed by atoms with Crippen LogP contribution in [0.2, 0.25) is 0 Å². The van der Waals surface area contributed by atoms with Gasteiger partial charge in [0.15, 0.2) is 0 Å². The Labute approximate surface area is 102 Å². The molecular formula is C12H22N2OS. The van der Waals surface area contributed by atoms with Crippen LogP contribution in [0, 0.1) is 6.92 Å². The first kappa shape index (κ1) is 13.6. The summed E-state index contributed by atoms with van der Waals surface area (Å²) in [7, 11) is 0. The van der Waals surface area contributed by atoms with E-state index in [-0.39, 0.29) is 6.61 Å². The predicted molar refractivity (Wildman–Crippen MR) is 69.1 cm³/mol. The Morgan fingerprint density at radius 3 is 2.56 bits per heavy atom. The van der Waals surface area contributed by atoms with Crippen LogP contribution in [-0.4, -0.2) is 23.2 Å². The lowest BCUT2D eigenvalue weighted by atomic mass is 10.2. The lowest BCUT2D eigenvalue weighted by Crippen LogP contribution is -2.20. The number of aliphatic hydroxyl groups excluding tert-OH is 1. The Morgan fingerprint density at radius 2 is 2.06 bits per heavy atom. The van der Waals surface area contributed by atoms with Crippen molar-refractivity contribution in [1.82, 2.24) is 10.3 Å². The lowest BCUT2D eigenvalue weighted by Gasteiger charge is -2.11. The second kappa shape index (κ2) is 6.33. The molecule has 1 unspecified atom stereocenters. The van der Waals surface area contributed by atoms with E-state index in [4.69, 9.17) is 5.11 Å². The Hall–Kier alpha value is -0.450. The molecule has 1 heterocycles. The maximum absolute atomic E-state index is 8.73. The summed E-state index contributed by atoms with van der Waals surface area (Å²) >= 11 is 1.80. The van der Waals surface area contributed by atoms with E-state index in [1.807, 2.05) is 0 Å². The standard InChI is InChI=1S/C12H22N2OS/c1-8(2)12-14-10(4)11(16-12)9(3)13-6-5-7-15/h8-9,13,15H,5-7H2,1-4H3. The minimum Gasteiger partial charge on any atom is -0.396 e. The van der Waals surface area contributed by atoms with Crippen LogP contribution in [0.1, 0.15) is 54.7 Å². The van der Waals surface area contributed by atoms with Gasteiger partial charge in [0.1, 0.15) is 0 Å². The number of rotatable bonds is 6. The molecule has 1 atom stereocenters. The summed E-state index contributed by atoms with van der Waals surface area (Å²) in [5, 5.41) is 13.3. The van der Waals surface area contributed by atoms with E-state index in [9.17, 15) is 0 Å². The summed E-state index contributed by atoms with van der Waals surface area (Å²) in [4.78, 5) is 5.91. The zero-order chi connectivity index (χ0) is 12.1. The Balaban J connectivity index is 2.64. The van der Waals surface area contributed by atoms with Gasteiger partial charge < -0.3 is 10.4 Å². The summed E-state index contributed by atoms with van der Waals surface area (Å²) < 4.78 is 0. The first-order valence-electron chi connectivity index (χ1n) is 5.87. The maximum atomic E-state index is 8.73. The van der Waals surface area contributed by atoms with Gasteiger partial charge in [-0.1, -0.05) is 13.8 Å². The molecule has 16 heavy (non-hydrogen) atoms. The number of hydrogen-bond acceptors (Lipinski definition) is 4. The van der Waals surface area contributed by atoms with E-state index in [0.29, 0.717) is 12.0 Å². The Kier molecular flexibility index (Phi) is 5.38. The van der Waals surface area contributed by atoms with E-state index in [0.717, 1.165) is 18.7 Å². The fourth-order valence-corrected chi connectivity index (χ4v) is 2.67. The molecule has 0 aliphatic heterocycles. The van der Waals surface area contributed by atoms with Crippen LogP contribution in [-0.2, 0) is 0 Å². The van der Waals surface area contributed by atoms with Crippen LogP contribution >= 0.6 is 11.3 Å².